The monoisotopic (exact) mass is 409 g/mol. The summed E-state index contributed by atoms with van der Waals surface area (Å²) < 4.78 is 7.24. The molecule has 0 aliphatic carbocycles. The van der Waals surface area contributed by atoms with Gasteiger partial charge in [0, 0.05) is 15.5 Å². The molecule has 1 amide bonds. The van der Waals surface area contributed by atoms with Gasteiger partial charge < -0.3 is 9.64 Å². The number of morpholine rings is 1. The number of rotatable bonds is 2. The first-order valence-corrected chi connectivity index (χ1v) is 8.08. The summed E-state index contributed by atoms with van der Waals surface area (Å²) in [5.41, 5.74) is 0.649. The van der Waals surface area contributed by atoms with Gasteiger partial charge in [0.1, 0.15) is 0 Å². The fourth-order valence-electron chi connectivity index (χ4n) is 2.01. The molecule has 2 unspecified atom stereocenters. The molecule has 0 N–H and O–H groups in total. The second-order valence-corrected chi connectivity index (χ2v) is 6.62. The predicted molar refractivity (Wildman–Crippen MR) is 82.8 cm³/mol. The topological polar surface area (TPSA) is 29.5 Å². The van der Waals surface area contributed by atoms with Crippen molar-refractivity contribution in [2.24, 2.45) is 0 Å². The number of halogens is 3. The zero-order valence-corrected chi connectivity index (χ0v) is 14.3. The van der Waals surface area contributed by atoms with E-state index >= 15 is 0 Å². The van der Waals surface area contributed by atoms with Crippen LogP contribution in [0, 0.1) is 0 Å². The van der Waals surface area contributed by atoms with E-state index in [9.17, 15) is 4.79 Å². The van der Waals surface area contributed by atoms with Crippen molar-refractivity contribution >= 4 is 49.4 Å². The minimum absolute atomic E-state index is 0.000841. The average molecular weight is 412 g/mol. The molecule has 2 rings (SSSR count). The van der Waals surface area contributed by atoms with Gasteiger partial charge in [-0.1, -0.05) is 15.9 Å². The molecule has 3 nitrogen and oxygen atoms in total. The van der Waals surface area contributed by atoms with Gasteiger partial charge in [-0.25, -0.2) is 0 Å². The van der Waals surface area contributed by atoms with Gasteiger partial charge in [-0.2, -0.15) is 0 Å². The van der Waals surface area contributed by atoms with Crippen molar-refractivity contribution < 1.29 is 9.53 Å². The van der Waals surface area contributed by atoms with E-state index in [4.69, 9.17) is 16.3 Å². The van der Waals surface area contributed by atoms with Crippen molar-refractivity contribution in [2.75, 3.05) is 19.0 Å². The second kappa shape index (κ2) is 6.57. The largest absolute Gasteiger partial charge is 0.373 e. The van der Waals surface area contributed by atoms with Gasteiger partial charge in [-0.15, -0.1) is 11.6 Å². The summed E-state index contributed by atoms with van der Waals surface area (Å²) in [6.07, 6.45) is -0.0901. The summed E-state index contributed by atoms with van der Waals surface area (Å²) in [6.45, 7) is 3.03. The molecule has 2 atom stereocenters. The smallest absolute Gasteiger partial charge is 0.255 e. The van der Waals surface area contributed by atoms with Gasteiger partial charge in [0.15, 0.2) is 0 Å². The average Bonchev–Trinajstić information content (AvgIpc) is 2.41. The molecule has 0 aromatic heterocycles. The molecule has 1 heterocycles. The summed E-state index contributed by atoms with van der Waals surface area (Å²) in [5, 5.41) is 0. The van der Waals surface area contributed by atoms with Crippen LogP contribution in [0.4, 0.5) is 0 Å². The van der Waals surface area contributed by atoms with E-state index in [2.05, 4.69) is 31.9 Å². The summed E-state index contributed by atoms with van der Waals surface area (Å²) in [7, 11) is 0. The Kier molecular flexibility index (Phi) is 5.29. The first-order valence-electron chi connectivity index (χ1n) is 5.96. The molecule has 19 heavy (non-hydrogen) atoms. The number of ether oxygens (including phenoxy) is 1. The maximum Gasteiger partial charge on any atom is 0.255 e. The molecule has 0 radical (unpaired) electrons. The van der Waals surface area contributed by atoms with Crippen LogP contribution in [0.25, 0.3) is 0 Å². The molecule has 0 spiro atoms. The standard InChI is InChI=1S/C13H14Br2ClNO2/c1-8-7-19-10(5-16)6-17(8)13(18)11-4-9(14)2-3-12(11)15/h2-4,8,10H,5-7H2,1H3. The summed E-state index contributed by atoms with van der Waals surface area (Å²) in [4.78, 5) is 14.4. The van der Waals surface area contributed by atoms with Crippen molar-refractivity contribution in [2.45, 2.75) is 19.1 Å². The van der Waals surface area contributed by atoms with Gasteiger partial charge >= 0.3 is 0 Å². The van der Waals surface area contributed by atoms with Crippen molar-refractivity contribution in [1.82, 2.24) is 4.90 Å². The lowest BCUT2D eigenvalue weighted by atomic mass is 10.1. The first kappa shape index (κ1) is 15.3. The Labute approximate surface area is 134 Å². The quantitative estimate of drug-likeness (QED) is 0.695. The minimum atomic E-state index is -0.0901. The molecule has 1 aliphatic heterocycles. The molecule has 0 bridgehead atoms. The number of hydrogen-bond donors (Lipinski definition) is 0. The van der Waals surface area contributed by atoms with E-state index in [1.54, 1.807) is 0 Å². The second-order valence-electron chi connectivity index (χ2n) is 4.54. The first-order chi connectivity index (χ1) is 9.02. The molecule has 0 saturated carbocycles. The van der Waals surface area contributed by atoms with E-state index in [-0.39, 0.29) is 18.1 Å². The van der Waals surface area contributed by atoms with E-state index in [1.165, 1.54) is 0 Å². The van der Waals surface area contributed by atoms with Crippen LogP contribution in [0.1, 0.15) is 17.3 Å². The van der Waals surface area contributed by atoms with Gasteiger partial charge in [0.05, 0.1) is 30.2 Å². The van der Waals surface area contributed by atoms with Crippen LogP contribution in [0.2, 0.25) is 0 Å². The third-order valence-corrected chi connectivity index (χ3v) is 4.63. The molecule has 6 heteroatoms. The SMILES string of the molecule is CC1COC(CCl)CN1C(=O)c1cc(Br)ccc1Br. The van der Waals surface area contributed by atoms with Crippen molar-refractivity contribution in [3.63, 3.8) is 0 Å². The zero-order chi connectivity index (χ0) is 14.0. The lowest BCUT2D eigenvalue weighted by Crippen LogP contribution is -2.51. The van der Waals surface area contributed by atoms with Crippen LogP contribution < -0.4 is 0 Å². The number of nitrogens with zero attached hydrogens (tertiary/aromatic N) is 1. The summed E-state index contributed by atoms with van der Waals surface area (Å²) >= 11 is 12.6. The normalized spacial score (nSPS) is 23.5. The summed E-state index contributed by atoms with van der Waals surface area (Å²) in [5.74, 6) is 0.398. The highest BCUT2D eigenvalue weighted by Crippen LogP contribution is 2.25. The summed E-state index contributed by atoms with van der Waals surface area (Å²) in [6, 6.07) is 5.63. The molecule has 1 aliphatic rings. The molecule has 104 valence electrons. The van der Waals surface area contributed by atoms with Crippen LogP contribution in [-0.4, -0.2) is 42.0 Å². The van der Waals surface area contributed by atoms with Crippen LogP contribution in [0.15, 0.2) is 27.1 Å². The van der Waals surface area contributed by atoms with Gasteiger partial charge in [0.2, 0.25) is 0 Å². The Hall–Kier alpha value is -0.100. The maximum atomic E-state index is 12.6. The highest BCUT2D eigenvalue weighted by molar-refractivity contribution is 9.11. The molecule has 1 aromatic carbocycles. The van der Waals surface area contributed by atoms with Gasteiger partial charge in [-0.3, -0.25) is 4.79 Å². The third-order valence-electron chi connectivity index (χ3n) is 3.10. The Bertz CT molecular complexity index is 484. The van der Waals surface area contributed by atoms with Crippen molar-refractivity contribution in [3.05, 3.63) is 32.7 Å². The molecule has 1 fully saturated rings. The maximum absolute atomic E-state index is 12.6. The van der Waals surface area contributed by atoms with E-state index in [0.29, 0.717) is 24.6 Å². The number of carbonyl (C=O) groups excluding carboxylic acids is 1. The predicted octanol–water partition coefficient (Wildman–Crippen LogP) is 3.68. The molecule has 1 saturated heterocycles. The van der Waals surface area contributed by atoms with E-state index < -0.39 is 0 Å². The highest BCUT2D eigenvalue weighted by atomic mass is 79.9. The Morgan fingerprint density at radius 3 is 2.95 bits per heavy atom. The van der Waals surface area contributed by atoms with Crippen LogP contribution in [0.5, 0.6) is 0 Å². The van der Waals surface area contributed by atoms with Crippen LogP contribution in [0.3, 0.4) is 0 Å². The third kappa shape index (κ3) is 3.51. The molecular formula is C13H14Br2ClNO2. The zero-order valence-electron chi connectivity index (χ0n) is 10.4. The van der Waals surface area contributed by atoms with E-state index in [1.807, 2.05) is 30.0 Å². The van der Waals surface area contributed by atoms with Crippen molar-refractivity contribution in [3.8, 4) is 0 Å². The molecule has 1 aromatic rings. The number of alkyl halides is 1. The highest BCUT2D eigenvalue weighted by Gasteiger charge is 2.30. The lowest BCUT2D eigenvalue weighted by Gasteiger charge is -2.37. The lowest BCUT2D eigenvalue weighted by molar-refractivity contribution is -0.0372. The number of amides is 1. The van der Waals surface area contributed by atoms with Gasteiger partial charge in [0.25, 0.3) is 5.91 Å². The fraction of sp³-hybridized carbons (Fsp3) is 0.462. The van der Waals surface area contributed by atoms with Crippen molar-refractivity contribution in [1.29, 1.82) is 0 Å². The van der Waals surface area contributed by atoms with E-state index in [0.717, 1.165) is 8.95 Å². The number of hydrogen-bond acceptors (Lipinski definition) is 2. The Morgan fingerprint density at radius 1 is 1.53 bits per heavy atom. The Balaban J connectivity index is 2.24. The van der Waals surface area contributed by atoms with Crippen LogP contribution in [-0.2, 0) is 4.74 Å². The minimum Gasteiger partial charge on any atom is -0.373 e. The number of carbonyl (C=O) groups is 1. The Morgan fingerprint density at radius 2 is 2.26 bits per heavy atom. The number of benzene rings is 1. The van der Waals surface area contributed by atoms with Gasteiger partial charge in [-0.05, 0) is 41.1 Å². The van der Waals surface area contributed by atoms with Crippen LogP contribution >= 0.6 is 43.5 Å². The fourth-order valence-corrected chi connectivity index (χ4v) is 2.97. The molecular weight excluding hydrogens is 397 g/mol.